The van der Waals surface area contributed by atoms with Crippen LogP contribution in [-0.2, 0) is 27.7 Å². The van der Waals surface area contributed by atoms with Crippen molar-refractivity contribution < 1.29 is 22.7 Å². The van der Waals surface area contributed by atoms with Crippen molar-refractivity contribution in [2.24, 2.45) is 0 Å². The summed E-state index contributed by atoms with van der Waals surface area (Å²) in [4.78, 5) is 32.1. The summed E-state index contributed by atoms with van der Waals surface area (Å²) in [6, 6.07) is 9.74. The molecule has 2 aromatic rings. The van der Waals surface area contributed by atoms with Crippen LogP contribution in [0, 0.1) is 22.7 Å². The Hall–Kier alpha value is -3.33. The van der Waals surface area contributed by atoms with Crippen LogP contribution < -0.4 is 5.32 Å². The maximum atomic E-state index is 13.7. The topological polar surface area (TPSA) is 147 Å². The molecule has 218 valence electrons. The number of nitrogens with zero attached hydrogens (tertiary/aromatic N) is 5. The molecule has 0 spiro atoms. The number of hydrogen-bond donors (Lipinski definition) is 1. The van der Waals surface area contributed by atoms with E-state index in [4.69, 9.17) is 15.3 Å². The highest BCUT2D eigenvalue weighted by Gasteiger charge is 2.32. The van der Waals surface area contributed by atoms with Gasteiger partial charge in [-0.1, -0.05) is 0 Å². The van der Waals surface area contributed by atoms with E-state index in [1.807, 2.05) is 12.1 Å². The van der Waals surface area contributed by atoms with Crippen LogP contribution in [0.2, 0.25) is 0 Å². The van der Waals surface area contributed by atoms with E-state index in [9.17, 15) is 18.0 Å². The number of amides is 2. The molecular weight excluding hydrogens is 564 g/mol. The van der Waals surface area contributed by atoms with Crippen molar-refractivity contribution in [1.82, 2.24) is 14.1 Å². The number of hydrogen-bond acceptors (Lipinski definition) is 9. The van der Waals surface area contributed by atoms with Crippen molar-refractivity contribution in [3.05, 3.63) is 45.8 Å². The summed E-state index contributed by atoms with van der Waals surface area (Å²) in [6.45, 7) is 7.68. The zero-order valence-corrected chi connectivity index (χ0v) is 24.9. The Bertz CT molecular complexity index is 1430. The summed E-state index contributed by atoms with van der Waals surface area (Å²) < 4.78 is 32.8. The molecule has 4 rings (SSSR count). The van der Waals surface area contributed by atoms with Gasteiger partial charge in [0, 0.05) is 68.6 Å². The molecule has 1 aromatic heterocycles. The van der Waals surface area contributed by atoms with Gasteiger partial charge in [-0.05, 0) is 50.1 Å². The number of carbonyl (C=O) groups excluding carboxylic acids is 2. The maximum absolute atomic E-state index is 13.7. The van der Waals surface area contributed by atoms with Crippen LogP contribution in [0.5, 0.6) is 0 Å². The van der Waals surface area contributed by atoms with Gasteiger partial charge in [-0.15, -0.1) is 11.3 Å². The summed E-state index contributed by atoms with van der Waals surface area (Å²) in [6.07, 6.45) is 0.707. The first kappa shape index (κ1) is 30.6. The van der Waals surface area contributed by atoms with Crippen LogP contribution in [0.3, 0.4) is 0 Å². The van der Waals surface area contributed by atoms with E-state index in [-0.39, 0.29) is 42.3 Å². The zero-order valence-electron chi connectivity index (χ0n) is 23.3. The number of anilines is 1. The molecule has 2 aliphatic heterocycles. The minimum absolute atomic E-state index is 0.00360. The van der Waals surface area contributed by atoms with E-state index in [1.54, 1.807) is 4.90 Å². The van der Waals surface area contributed by atoms with Gasteiger partial charge in [0.15, 0.2) is 0 Å². The van der Waals surface area contributed by atoms with Gasteiger partial charge in [0.1, 0.15) is 5.00 Å². The predicted molar refractivity (Wildman–Crippen MR) is 154 cm³/mol. The summed E-state index contributed by atoms with van der Waals surface area (Å²) in [7, 11) is -3.96. The zero-order chi connectivity index (χ0) is 29.6. The monoisotopic (exact) mass is 598 g/mol. The highest BCUT2D eigenvalue weighted by Crippen LogP contribution is 2.39. The lowest BCUT2D eigenvalue weighted by molar-refractivity contribution is 0.0302. The highest BCUT2D eigenvalue weighted by molar-refractivity contribution is 7.89. The molecule has 0 aliphatic carbocycles. The lowest BCUT2D eigenvalue weighted by atomic mass is 10.0. The van der Waals surface area contributed by atoms with Crippen molar-refractivity contribution in [2.45, 2.75) is 50.6 Å². The molecule has 41 heavy (non-hydrogen) atoms. The molecular formula is C28H34N6O5S2. The van der Waals surface area contributed by atoms with Gasteiger partial charge in [0.2, 0.25) is 10.0 Å². The van der Waals surface area contributed by atoms with Crippen LogP contribution >= 0.6 is 11.3 Å². The fraction of sp³-hybridized carbons (Fsp3) is 0.500. The average Bonchev–Trinajstić information content (AvgIpc) is 3.34. The van der Waals surface area contributed by atoms with Crippen LogP contribution in [0.25, 0.3) is 0 Å². The van der Waals surface area contributed by atoms with Gasteiger partial charge in [0.25, 0.3) is 11.8 Å². The van der Waals surface area contributed by atoms with Crippen LogP contribution in [0.15, 0.2) is 29.2 Å². The van der Waals surface area contributed by atoms with Crippen LogP contribution in [0.1, 0.15) is 57.8 Å². The smallest absolute Gasteiger partial charge is 0.257 e. The Balaban J connectivity index is 1.58. The molecule has 1 N–H and O–H groups in total. The largest absolute Gasteiger partial charge is 0.378 e. The SMILES string of the molecule is CC(C)N1CCc2c(sc(NC(=O)c3ccc(S(=O)(=O)N(CCC#N)CCC#N)cc3)c2C(=O)N2CCOCC2)C1. The molecule has 13 heteroatoms. The lowest BCUT2D eigenvalue weighted by Gasteiger charge is -2.31. The predicted octanol–water partition coefficient (Wildman–Crippen LogP) is 3.06. The molecule has 0 unspecified atom stereocenters. The summed E-state index contributed by atoms with van der Waals surface area (Å²) >= 11 is 1.42. The van der Waals surface area contributed by atoms with Crippen molar-refractivity contribution in [2.75, 3.05) is 51.3 Å². The maximum Gasteiger partial charge on any atom is 0.257 e. The van der Waals surface area contributed by atoms with E-state index >= 15 is 0 Å². The number of thiophene rings is 1. The van der Waals surface area contributed by atoms with Gasteiger partial charge in [-0.25, -0.2) is 8.42 Å². The quantitative estimate of drug-likeness (QED) is 0.439. The van der Waals surface area contributed by atoms with Gasteiger partial charge in [-0.2, -0.15) is 14.8 Å². The molecule has 0 radical (unpaired) electrons. The molecule has 1 fully saturated rings. The van der Waals surface area contributed by atoms with Gasteiger partial charge in [-0.3, -0.25) is 14.5 Å². The molecule has 1 aromatic carbocycles. The average molecular weight is 599 g/mol. The molecule has 11 nitrogen and oxygen atoms in total. The van der Waals surface area contributed by atoms with E-state index in [0.29, 0.717) is 55.9 Å². The minimum Gasteiger partial charge on any atom is -0.378 e. The number of benzene rings is 1. The Morgan fingerprint density at radius 3 is 2.29 bits per heavy atom. The number of ether oxygens (including phenoxy) is 1. The third kappa shape index (κ3) is 6.94. The molecule has 0 saturated carbocycles. The fourth-order valence-electron chi connectivity index (χ4n) is 4.91. The first-order valence-corrected chi connectivity index (χ1v) is 15.8. The third-order valence-electron chi connectivity index (χ3n) is 7.26. The van der Waals surface area contributed by atoms with Crippen molar-refractivity contribution in [3.8, 4) is 12.1 Å². The van der Waals surface area contributed by atoms with Gasteiger partial charge < -0.3 is 15.0 Å². The van der Waals surface area contributed by atoms with Crippen LogP contribution in [0.4, 0.5) is 5.00 Å². The Morgan fingerprint density at radius 1 is 1.07 bits per heavy atom. The molecule has 2 aliphatic rings. The second kappa shape index (κ2) is 13.6. The second-order valence-corrected chi connectivity index (χ2v) is 13.2. The number of carbonyl (C=O) groups is 2. The number of fused-ring (bicyclic) bond motifs is 1. The standard InChI is InChI=1S/C28H34N6O5S2/c1-20(2)33-14-9-23-24(19-33)40-27(25(23)28(36)32-15-17-39-18-16-32)31-26(35)21-5-7-22(8-6-21)41(37,38)34(12-3-10-29)13-4-11-30/h5-8,20H,3-4,9,12-19H2,1-2H3,(H,31,35). The number of morpholine rings is 1. The molecule has 3 heterocycles. The van der Waals surface area contributed by atoms with Gasteiger partial charge in [0.05, 0.1) is 35.8 Å². The first-order valence-electron chi connectivity index (χ1n) is 13.6. The van der Waals surface area contributed by atoms with Gasteiger partial charge >= 0.3 is 0 Å². The van der Waals surface area contributed by atoms with Crippen molar-refractivity contribution >= 4 is 38.2 Å². The molecule has 2 amide bonds. The lowest BCUT2D eigenvalue weighted by Crippen LogP contribution is -2.41. The van der Waals surface area contributed by atoms with Crippen molar-refractivity contribution in [3.63, 3.8) is 0 Å². The Kier molecular flexibility index (Phi) is 10.1. The number of nitriles is 2. The summed E-state index contributed by atoms with van der Waals surface area (Å²) in [5.74, 6) is -0.564. The number of sulfonamides is 1. The molecule has 0 atom stereocenters. The molecule has 1 saturated heterocycles. The number of nitrogens with one attached hydrogen (secondary N) is 1. The molecule has 0 bridgehead atoms. The first-order chi connectivity index (χ1) is 19.7. The minimum atomic E-state index is -3.96. The number of rotatable bonds is 10. The Labute approximate surface area is 244 Å². The summed E-state index contributed by atoms with van der Waals surface area (Å²) in [5, 5.41) is 21.2. The fourth-order valence-corrected chi connectivity index (χ4v) is 7.61. The van der Waals surface area contributed by atoms with E-state index in [2.05, 4.69) is 24.1 Å². The van der Waals surface area contributed by atoms with E-state index < -0.39 is 15.9 Å². The van der Waals surface area contributed by atoms with E-state index in [1.165, 1.54) is 35.6 Å². The van der Waals surface area contributed by atoms with Crippen LogP contribution in [-0.4, -0.2) is 86.3 Å². The van der Waals surface area contributed by atoms with E-state index in [0.717, 1.165) is 21.3 Å². The highest BCUT2D eigenvalue weighted by atomic mass is 32.2. The Morgan fingerprint density at radius 2 is 1.71 bits per heavy atom. The third-order valence-corrected chi connectivity index (χ3v) is 10.3. The van der Waals surface area contributed by atoms with Crippen molar-refractivity contribution in [1.29, 1.82) is 10.5 Å². The second-order valence-electron chi connectivity index (χ2n) is 10.1. The summed E-state index contributed by atoms with van der Waals surface area (Å²) in [5.41, 5.74) is 1.76. The normalized spacial score (nSPS) is 15.8.